The molecule has 0 aliphatic heterocycles. The highest BCUT2D eigenvalue weighted by Gasteiger charge is 2.17. The molecule has 0 saturated carbocycles. The minimum absolute atomic E-state index is 0.698. The van der Waals surface area contributed by atoms with Gasteiger partial charge in [0.05, 0.1) is 12.5 Å². The maximum Gasteiger partial charge on any atom is 0.209 e. The molecule has 0 aliphatic carbocycles. The van der Waals surface area contributed by atoms with E-state index in [2.05, 4.69) is 38.1 Å². The predicted molar refractivity (Wildman–Crippen MR) is 80.2 cm³/mol. The first-order valence-electron chi connectivity index (χ1n) is 6.62. The SMILES string of the molecule is COc1cccc2c(-c3c(C)cc(C)cc3C)noc12. The molecule has 3 heteroatoms. The third kappa shape index (κ3) is 1.86. The summed E-state index contributed by atoms with van der Waals surface area (Å²) in [7, 11) is 1.64. The van der Waals surface area contributed by atoms with E-state index in [-0.39, 0.29) is 0 Å². The van der Waals surface area contributed by atoms with Crippen LogP contribution in [0.25, 0.3) is 22.2 Å². The number of hydrogen-bond donors (Lipinski definition) is 0. The molecule has 0 saturated heterocycles. The summed E-state index contributed by atoms with van der Waals surface area (Å²) < 4.78 is 10.8. The number of aromatic nitrogens is 1. The Morgan fingerprint density at radius 1 is 1.05 bits per heavy atom. The quantitative estimate of drug-likeness (QED) is 0.689. The molecular weight excluding hydrogens is 250 g/mol. The third-order valence-electron chi connectivity index (χ3n) is 3.60. The molecule has 0 radical (unpaired) electrons. The zero-order valence-electron chi connectivity index (χ0n) is 12.2. The normalized spacial score (nSPS) is 11.0. The van der Waals surface area contributed by atoms with Gasteiger partial charge in [0, 0.05) is 5.56 Å². The monoisotopic (exact) mass is 267 g/mol. The molecule has 0 bridgehead atoms. The van der Waals surface area contributed by atoms with Gasteiger partial charge in [0.1, 0.15) is 5.69 Å². The van der Waals surface area contributed by atoms with Crippen LogP contribution in [-0.2, 0) is 0 Å². The number of aryl methyl sites for hydroxylation is 3. The van der Waals surface area contributed by atoms with Crippen molar-refractivity contribution in [2.45, 2.75) is 20.8 Å². The van der Waals surface area contributed by atoms with Crippen LogP contribution in [0.3, 0.4) is 0 Å². The molecule has 0 atom stereocenters. The molecule has 3 nitrogen and oxygen atoms in total. The van der Waals surface area contributed by atoms with Crippen LogP contribution >= 0.6 is 0 Å². The number of hydrogen-bond acceptors (Lipinski definition) is 3. The largest absolute Gasteiger partial charge is 0.493 e. The van der Waals surface area contributed by atoms with Crippen molar-refractivity contribution in [3.8, 4) is 17.0 Å². The average Bonchev–Trinajstić information content (AvgIpc) is 2.81. The predicted octanol–water partition coefficient (Wildman–Crippen LogP) is 4.43. The highest BCUT2D eigenvalue weighted by molar-refractivity contribution is 5.96. The van der Waals surface area contributed by atoms with Gasteiger partial charge in [0.15, 0.2) is 5.75 Å². The van der Waals surface area contributed by atoms with Gasteiger partial charge in [-0.05, 0) is 44.0 Å². The maximum atomic E-state index is 5.49. The van der Waals surface area contributed by atoms with Crippen LogP contribution in [0.15, 0.2) is 34.9 Å². The lowest BCUT2D eigenvalue weighted by molar-refractivity contribution is 0.393. The second-order valence-corrected chi connectivity index (χ2v) is 5.14. The Bertz CT molecular complexity index is 764. The lowest BCUT2D eigenvalue weighted by Crippen LogP contribution is -1.90. The van der Waals surface area contributed by atoms with Crippen LogP contribution in [0.5, 0.6) is 5.75 Å². The first-order valence-corrected chi connectivity index (χ1v) is 6.62. The summed E-state index contributed by atoms with van der Waals surface area (Å²) >= 11 is 0. The van der Waals surface area contributed by atoms with E-state index < -0.39 is 0 Å². The molecule has 1 heterocycles. The molecule has 1 aromatic heterocycles. The van der Waals surface area contributed by atoms with Crippen molar-refractivity contribution in [3.05, 3.63) is 47.0 Å². The Labute approximate surface area is 118 Å². The third-order valence-corrected chi connectivity index (χ3v) is 3.60. The molecule has 2 aromatic carbocycles. The van der Waals surface area contributed by atoms with E-state index in [0.29, 0.717) is 11.3 Å². The number of fused-ring (bicyclic) bond motifs is 1. The van der Waals surface area contributed by atoms with Crippen molar-refractivity contribution in [2.24, 2.45) is 0 Å². The van der Waals surface area contributed by atoms with Gasteiger partial charge < -0.3 is 9.26 Å². The molecule has 102 valence electrons. The zero-order valence-corrected chi connectivity index (χ0v) is 12.2. The lowest BCUT2D eigenvalue weighted by atomic mass is 9.95. The topological polar surface area (TPSA) is 35.3 Å². The summed E-state index contributed by atoms with van der Waals surface area (Å²) in [6.45, 7) is 6.32. The van der Waals surface area contributed by atoms with E-state index >= 15 is 0 Å². The number of ether oxygens (including phenoxy) is 1. The molecular formula is C17H17NO2. The first-order chi connectivity index (χ1) is 9.61. The van der Waals surface area contributed by atoms with Crippen molar-refractivity contribution in [1.82, 2.24) is 5.16 Å². The van der Waals surface area contributed by atoms with Crippen LogP contribution in [0.2, 0.25) is 0 Å². The number of para-hydroxylation sites is 1. The van der Waals surface area contributed by atoms with Gasteiger partial charge in [0.2, 0.25) is 5.58 Å². The van der Waals surface area contributed by atoms with Crippen LogP contribution in [0.4, 0.5) is 0 Å². The van der Waals surface area contributed by atoms with E-state index in [1.165, 1.54) is 16.7 Å². The maximum absolute atomic E-state index is 5.49. The molecule has 0 spiro atoms. The Hall–Kier alpha value is -2.29. The number of nitrogens with zero attached hydrogens (tertiary/aromatic N) is 1. The van der Waals surface area contributed by atoms with Gasteiger partial charge in [-0.15, -0.1) is 0 Å². The standard InChI is InChI=1S/C17H17NO2/c1-10-8-11(2)15(12(3)9-10)16-13-6-5-7-14(19-4)17(13)20-18-16/h5-9H,1-4H3. The minimum atomic E-state index is 0.698. The molecule has 3 rings (SSSR count). The van der Waals surface area contributed by atoms with Gasteiger partial charge in [-0.2, -0.15) is 0 Å². The second-order valence-electron chi connectivity index (χ2n) is 5.14. The van der Waals surface area contributed by atoms with Crippen LogP contribution in [-0.4, -0.2) is 12.3 Å². The minimum Gasteiger partial charge on any atom is -0.493 e. The first kappa shape index (κ1) is 12.7. The Balaban J connectivity index is 2.31. The number of benzene rings is 2. The fraction of sp³-hybridized carbons (Fsp3) is 0.235. The fourth-order valence-electron chi connectivity index (χ4n) is 2.83. The van der Waals surface area contributed by atoms with Crippen LogP contribution in [0, 0.1) is 20.8 Å². The van der Waals surface area contributed by atoms with Crippen LogP contribution in [0.1, 0.15) is 16.7 Å². The molecule has 0 unspecified atom stereocenters. The van der Waals surface area contributed by atoms with Crippen molar-refractivity contribution in [2.75, 3.05) is 7.11 Å². The number of methoxy groups -OCH3 is 1. The second kappa shape index (κ2) is 4.67. The molecule has 0 amide bonds. The summed E-state index contributed by atoms with van der Waals surface area (Å²) in [5.74, 6) is 0.712. The van der Waals surface area contributed by atoms with E-state index in [0.717, 1.165) is 16.6 Å². The average molecular weight is 267 g/mol. The molecule has 20 heavy (non-hydrogen) atoms. The summed E-state index contributed by atoms with van der Waals surface area (Å²) in [6.07, 6.45) is 0. The zero-order chi connectivity index (χ0) is 14.3. The summed E-state index contributed by atoms with van der Waals surface area (Å²) in [5, 5.41) is 5.26. The smallest absolute Gasteiger partial charge is 0.209 e. The molecule has 0 N–H and O–H groups in total. The highest BCUT2D eigenvalue weighted by Crippen LogP contribution is 2.36. The lowest BCUT2D eigenvalue weighted by Gasteiger charge is -2.09. The Morgan fingerprint density at radius 3 is 2.40 bits per heavy atom. The van der Waals surface area contributed by atoms with Gasteiger partial charge >= 0.3 is 0 Å². The van der Waals surface area contributed by atoms with Crippen molar-refractivity contribution < 1.29 is 9.26 Å². The Morgan fingerprint density at radius 2 is 1.75 bits per heavy atom. The van der Waals surface area contributed by atoms with E-state index in [9.17, 15) is 0 Å². The van der Waals surface area contributed by atoms with Crippen LogP contribution < -0.4 is 4.74 Å². The number of rotatable bonds is 2. The Kier molecular flexibility index (Phi) is 2.97. The van der Waals surface area contributed by atoms with E-state index in [1.54, 1.807) is 7.11 Å². The molecule has 0 fully saturated rings. The van der Waals surface area contributed by atoms with Gasteiger partial charge in [-0.25, -0.2) is 0 Å². The summed E-state index contributed by atoms with van der Waals surface area (Å²) in [5.41, 5.74) is 6.40. The summed E-state index contributed by atoms with van der Waals surface area (Å²) in [6, 6.07) is 10.2. The summed E-state index contributed by atoms with van der Waals surface area (Å²) in [4.78, 5) is 0. The highest BCUT2D eigenvalue weighted by atomic mass is 16.5. The van der Waals surface area contributed by atoms with Gasteiger partial charge in [-0.3, -0.25) is 0 Å². The van der Waals surface area contributed by atoms with Crippen molar-refractivity contribution >= 4 is 11.0 Å². The van der Waals surface area contributed by atoms with Crippen molar-refractivity contribution in [3.63, 3.8) is 0 Å². The van der Waals surface area contributed by atoms with E-state index in [1.807, 2.05) is 18.2 Å². The van der Waals surface area contributed by atoms with Gasteiger partial charge in [-0.1, -0.05) is 28.9 Å². The van der Waals surface area contributed by atoms with Gasteiger partial charge in [0.25, 0.3) is 0 Å². The van der Waals surface area contributed by atoms with Crippen molar-refractivity contribution in [1.29, 1.82) is 0 Å². The fourth-order valence-corrected chi connectivity index (χ4v) is 2.83. The molecule has 3 aromatic rings. The molecule has 0 aliphatic rings. The van der Waals surface area contributed by atoms with E-state index in [4.69, 9.17) is 9.26 Å².